The standard InChI is InChI=1S/C20H21N3OS/c24-18(15-14-17-10-5-2-6-11-17)21-20-23-22-19(25-20)13-7-12-16-8-3-1-4-9-16/h1-6,8-11H,7,12-15H2,(H,21,23,24). The smallest absolute Gasteiger partial charge is 0.226 e. The van der Waals surface area contributed by atoms with Gasteiger partial charge in [-0.25, -0.2) is 0 Å². The number of nitrogens with one attached hydrogen (secondary N) is 1. The van der Waals surface area contributed by atoms with E-state index >= 15 is 0 Å². The van der Waals surface area contributed by atoms with E-state index in [1.807, 2.05) is 36.4 Å². The lowest BCUT2D eigenvalue weighted by Gasteiger charge is -2.01. The van der Waals surface area contributed by atoms with Gasteiger partial charge in [-0.1, -0.05) is 72.0 Å². The maximum absolute atomic E-state index is 12.0. The third-order valence-corrected chi connectivity index (χ3v) is 4.79. The number of amides is 1. The molecule has 0 unspecified atom stereocenters. The number of hydrogen-bond donors (Lipinski definition) is 1. The quantitative estimate of drug-likeness (QED) is 0.659. The first-order valence-electron chi connectivity index (χ1n) is 8.50. The summed E-state index contributed by atoms with van der Waals surface area (Å²) in [6.45, 7) is 0. The van der Waals surface area contributed by atoms with Gasteiger partial charge in [-0.2, -0.15) is 0 Å². The van der Waals surface area contributed by atoms with Gasteiger partial charge in [0.1, 0.15) is 5.01 Å². The highest BCUT2D eigenvalue weighted by Crippen LogP contribution is 2.18. The molecular weight excluding hydrogens is 330 g/mol. The van der Waals surface area contributed by atoms with Crippen LogP contribution in [0.15, 0.2) is 60.7 Å². The van der Waals surface area contributed by atoms with Crippen molar-refractivity contribution in [1.82, 2.24) is 10.2 Å². The number of benzene rings is 2. The van der Waals surface area contributed by atoms with E-state index in [4.69, 9.17) is 0 Å². The molecule has 2 aromatic carbocycles. The summed E-state index contributed by atoms with van der Waals surface area (Å²) in [7, 11) is 0. The van der Waals surface area contributed by atoms with Gasteiger partial charge in [0.05, 0.1) is 0 Å². The minimum atomic E-state index is -0.0177. The lowest BCUT2D eigenvalue weighted by Crippen LogP contribution is -2.12. The summed E-state index contributed by atoms with van der Waals surface area (Å²) in [5.74, 6) is -0.0177. The van der Waals surface area contributed by atoms with Gasteiger partial charge in [-0.05, 0) is 30.4 Å². The van der Waals surface area contributed by atoms with Gasteiger partial charge in [0.2, 0.25) is 11.0 Å². The molecule has 0 saturated carbocycles. The summed E-state index contributed by atoms with van der Waals surface area (Å²) in [5, 5.41) is 12.7. The highest BCUT2D eigenvalue weighted by atomic mass is 32.1. The second kappa shape index (κ2) is 9.08. The van der Waals surface area contributed by atoms with Crippen molar-refractivity contribution in [2.24, 2.45) is 0 Å². The lowest BCUT2D eigenvalue weighted by molar-refractivity contribution is -0.116. The molecule has 4 nitrogen and oxygen atoms in total. The predicted molar refractivity (Wildman–Crippen MR) is 102 cm³/mol. The molecule has 0 radical (unpaired) electrons. The molecular formula is C20H21N3OS. The zero-order chi connectivity index (χ0) is 17.3. The van der Waals surface area contributed by atoms with Crippen molar-refractivity contribution < 1.29 is 4.79 Å². The summed E-state index contributed by atoms with van der Waals surface area (Å²) in [6, 6.07) is 20.4. The summed E-state index contributed by atoms with van der Waals surface area (Å²) in [4.78, 5) is 12.0. The van der Waals surface area contributed by atoms with Crippen LogP contribution in [0.5, 0.6) is 0 Å². The van der Waals surface area contributed by atoms with Crippen LogP contribution in [0.25, 0.3) is 0 Å². The molecule has 25 heavy (non-hydrogen) atoms. The van der Waals surface area contributed by atoms with Crippen molar-refractivity contribution in [2.45, 2.75) is 32.1 Å². The van der Waals surface area contributed by atoms with Crippen molar-refractivity contribution in [2.75, 3.05) is 5.32 Å². The third kappa shape index (κ3) is 5.80. The van der Waals surface area contributed by atoms with Crippen LogP contribution in [0, 0.1) is 0 Å². The van der Waals surface area contributed by atoms with E-state index in [1.165, 1.54) is 16.9 Å². The molecule has 0 fully saturated rings. The zero-order valence-corrected chi connectivity index (χ0v) is 14.8. The number of aromatic nitrogens is 2. The Bertz CT molecular complexity index is 787. The molecule has 0 bridgehead atoms. The predicted octanol–water partition coefficient (Wildman–Crippen LogP) is 4.28. The molecule has 1 heterocycles. The lowest BCUT2D eigenvalue weighted by atomic mass is 10.1. The molecule has 1 aromatic heterocycles. The van der Waals surface area contributed by atoms with Crippen LogP contribution in [0.4, 0.5) is 5.13 Å². The molecule has 1 N–H and O–H groups in total. The summed E-state index contributed by atoms with van der Waals surface area (Å²) in [5.41, 5.74) is 2.50. The number of rotatable bonds is 8. The van der Waals surface area contributed by atoms with Crippen LogP contribution in [-0.2, 0) is 24.1 Å². The largest absolute Gasteiger partial charge is 0.301 e. The summed E-state index contributed by atoms with van der Waals surface area (Å²) >= 11 is 1.46. The van der Waals surface area contributed by atoms with Crippen molar-refractivity contribution >= 4 is 22.4 Å². The number of carbonyl (C=O) groups is 1. The molecule has 1 amide bonds. The maximum Gasteiger partial charge on any atom is 0.226 e. The van der Waals surface area contributed by atoms with E-state index in [9.17, 15) is 4.79 Å². The van der Waals surface area contributed by atoms with Crippen molar-refractivity contribution in [3.63, 3.8) is 0 Å². The van der Waals surface area contributed by atoms with Crippen LogP contribution in [0.3, 0.4) is 0 Å². The second-order valence-electron chi connectivity index (χ2n) is 5.87. The van der Waals surface area contributed by atoms with E-state index in [0.717, 1.165) is 36.3 Å². The first kappa shape index (κ1) is 17.3. The minimum Gasteiger partial charge on any atom is -0.301 e. The van der Waals surface area contributed by atoms with Gasteiger partial charge in [0, 0.05) is 12.8 Å². The molecule has 0 spiro atoms. The van der Waals surface area contributed by atoms with Gasteiger partial charge in [-0.3, -0.25) is 4.79 Å². The normalized spacial score (nSPS) is 10.6. The summed E-state index contributed by atoms with van der Waals surface area (Å²) < 4.78 is 0. The van der Waals surface area contributed by atoms with Crippen LogP contribution in [-0.4, -0.2) is 16.1 Å². The molecule has 5 heteroatoms. The Balaban J connectivity index is 1.41. The van der Waals surface area contributed by atoms with Gasteiger partial charge >= 0.3 is 0 Å². The van der Waals surface area contributed by atoms with E-state index in [1.54, 1.807) is 0 Å². The molecule has 0 aliphatic heterocycles. The highest BCUT2D eigenvalue weighted by Gasteiger charge is 2.08. The van der Waals surface area contributed by atoms with Crippen molar-refractivity contribution in [1.29, 1.82) is 0 Å². The van der Waals surface area contributed by atoms with Gasteiger partial charge in [0.25, 0.3) is 0 Å². The summed E-state index contributed by atoms with van der Waals surface area (Å²) in [6.07, 6.45) is 4.12. The molecule has 0 atom stereocenters. The van der Waals surface area contributed by atoms with Gasteiger partial charge < -0.3 is 5.32 Å². The second-order valence-corrected chi connectivity index (χ2v) is 6.94. The average Bonchev–Trinajstić information content (AvgIpc) is 3.09. The first-order valence-corrected chi connectivity index (χ1v) is 9.31. The fraction of sp³-hybridized carbons (Fsp3) is 0.250. The monoisotopic (exact) mass is 351 g/mol. The number of hydrogen-bond acceptors (Lipinski definition) is 4. The molecule has 0 aliphatic carbocycles. The molecule has 3 aromatic rings. The Kier molecular flexibility index (Phi) is 6.29. The number of aryl methyl sites for hydroxylation is 3. The fourth-order valence-corrected chi connectivity index (χ4v) is 3.38. The SMILES string of the molecule is O=C(CCc1ccccc1)Nc1nnc(CCCc2ccccc2)s1. The molecule has 128 valence electrons. The van der Waals surface area contributed by atoms with Crippen LogP contribution in [0.2, 0.25) is 0 Å². The average molecular weight is 351 g/mol. The Morgan fingerprint density at radius 2 is 1.48 bits per heavy atom. The van der Waals surface area contributed by atoms with Gasteiger partial charge in [0.15, 0.2) is 0 Å². The van der Waals surface area contributed by atoms with Crippen LogP contribution in [0.1, 0.15) is 29.0 Å². The Morgan fingerprint density at radius 3 is 2.16 bits per heavy atom. The Hall–Kier alpha value is -2.53. The van der Waals surface area contributed by atoms with E-state index in [2.05, 4.69) is 39.8 Å². The number of anilines is 1. The Labute approximate surface area is 151 Å². The molecule has 0 saturated heterocycles. The van der Waals surface area contributed by atoms with Crippen molar-refractivity contribution in [3.05, 3.63) is 76.8 Å². The van der Waals surface area contributed by atoms with Crippen molar-refractivity contribution in [3.8, 4) is 0 Å². The first-order chi connectivity index (χ1) is 12.3. The third-order valence-electron chi connectivity index (χ3n) is 3.90. The van der Waals surface area contributed by atoms with E-state index in [0.29, 0.717) is 11.6 Å². The molecule has 0 aliphatic rings. The fourth-order valence-electron chi connectivity index (χ4n) is 2.58. The zero-order valence-electron chi connectivity index (χ0n) is 14.0. The topological polar surface area (TPSA) is 54.9 Å². The van der Waals surface area contributed by atoms with Crippen LogP contribution >= 0.6 is 11.3 Å². The highest BCUT2D eigenvalue weighted by molar-refractivity contribution is 7.15. The maximum atomic E-state index is 12.0. The number of carbonyl (C=O) groups excluding carboxylic acids is 1. The Morgan fingerprint density at radius 1 is 0.840 bits per heavy atom. The molecule has 3 rings (SSSR count). The van der Waals surface area contributed by atoms with Crippen LogP contribution < -0.4 is 5.32 Å². The van der Waals surface area contributed by atoms with Gasteiger partial charge in [-0.15, -0.1) is 10.2 Å². The minimum absolute atomic E-state index is 0.0177. The van der Waals surface area contributed by atoms with E-state index < -0.39 is 0 Å². The van der Waals surface area contributed by atoms with E-state index in [-0.39, 0.29) is 5.91 Å². The number of nitrogens with zero attached hydrogens (tertiary/aromatic N) is 2.